The molecule has 0 radical (unpaired) electrons. The zero-order valence-corrected chi connectivity index (χ0v) is 12.9. The number of ether oxygens (including phenoxy) is 2. The summed E-state index contributed by atoms with van der Waals surface area (Å²) in [6.07, 6.45) is 4.83. The van der Waals surface area contributed by atoms with E-state index < -0.39 is 0 Å². The summed E-state index contributed by atoms with van der Waals surface area (Å²) < 4.78 is 11.4. The highest BCUT2D eigenvalue weighted by Gasteiger charge is 2.40. The van der Waals surface area contributed by atoms with E-state index in [9.17, 15) is 4.79 Å². The monoisotopic (exact) mass is 304 g/mol. The lowest BCUT2D eigenvalue weighted by atomic mass is 9.89. The van der Waals surface area contributed by atoms with Gasteiger partial charge in [0, 0.05) is 13.1 Å². The summed E-state index contributed by atoms with van der Waals surface area (Å²) >= 11 is 0. The van der Waals surface area contributed by atoms with Gasteiger partial charge in [0.05, 0.1) is 31.5 Å². The Hall–Kier alpha value is -0.360. The summed E-state index contributed by atoms with van der Waals surface area (Å²) in [5, 5.41) is 3.30. The first kappa shape index (κ1) is 16.0. The van der Waals surface area contributed by atoms with Crippen molar-refractivity contribution in [2.45, 2.75) is 56.9 Å². The molecule has 0 aromatic heterocycles. The fourth-order valence-electron chi connectivity index (χ4n) is 3.56. The number of fused-ring (bicyclic) bond motifs is 1. The van der Waals surface area contributed by atoms with Gasteiger partial charge in [-0.25, -0.2) is 0 Å². The van der Waals surface area contributed by atoms with Crippen molar-refractivity contribution in [3.8, 4) is 0 Å². The molecule has 5 nitrogen and oxygen atoms in total. The van der Waals surface area contributed by atoms with Crippen LogP contribution in [0.1, 0.15) is 32.6 Å². The van der Waals surface area contributed by atoms with E-state index in [2.05, 4.69) is 10.2 Å². The molecule has 1 N–H and O–H groups in total. The van der Waals surface area contributed by atoms with Crippen molar-refractivity contribution in [1.29, 1.82) is 0 Å². The van der Waals surface area contributed by atoms with Crippen LogP contribution in [0.15, 0.2) is 0 Å². The van der Waals surface area contributed by atoms with Crippen molar-refractivity contribution in [2.24, 2.45) is 0 Å². The Morgan fingerprint density at radius 2 is 2.00 bits per heavy atom. The van der Waals surface area contributed by atoms with Crippen LogP contribution in [0.5, 0.6) is 0 Å². The largest absolute Gasteiger partial charge is 0.375 e. The van der Waals surface area contributed by atoms with Crippen LogP contribution in [0.2, 0.25) is 0 Å². The minimum Gasteiger partial charge on any atom is -0.375 e. The van der Waals surface area contributed by atoms with Crippen LogP contribution in [-0.2, 0) is 14.3 Å². The Balaban J connectivity index is 0.00000147. The molecule has 2 unspecified atom stereocenters. The maximum absolute atomic E-state index is 12.7. The summed E-state index contributed by atoms with van der Waals surface area (Å²) in [5.41, 5.74) is 0. The van der Waals surface area contributed by atoms with Crippen molar-refractivity contribution in [2.75, 3.05) is 26.3 Å². The average Bonchev–Trinajstić information content (AvgIpc) is 2.46. The fraction of sp³-hybridized carbons (Fsp3) is 0.929. The van der Waals surface area contributed by atoms with Crippen molar-refractivity contribution in [3.05, 3.63) is 0 Å². The van der Waals surface area contributed by atoms with Gasteiger partial charge in [-0.15, -0.1) is 12.4 Å². The summed E-state index contributed by atoms with van der Waals surface area (Å²) in [7, 11) is 0. The van der Waals surface area contributed by atoms with Gasteiger partial charge in [0.2, 0.25) is 5.91 Å². The third kappa shape index (κ3) is 3.11. The lowest BCUT2D eigenvalue weighted by molar-refractivity contribution is -0.157. The lowest BCUT2D eigenvalue weighted by Gasteiger charge is -2.45. The van der Waals surface area contributed by atoms with Crippen LogP contribution >= 0.6 is 12.4 Å². The first-order valence-electron chi connectivity index (χ1n) is 7.54. The maximum atomic E-state index is 12.7. The van der Waals surface area contributed by atoms with Crippen molar-refractivity contribution < 1.29 is 14.3 Å². The van der Waals surface area contributed by atoms with Gasteiger partial charge in [0.15, 0.2) is 0 Å². The molecule has 0 aromatic carbocycles. The zero-order valence-electron chi connectivity index (χ0n) is 12.0. The molecule has 3 rings (SSSR count). The number of halogens is 1. The molecule has 4 atom stereocenters. The van der Waals surface area contributed by atoms with E-state index in [0.29, 0.717) is 13.2 Å². The van der Waals surface area contributed by atoms with E-state index in [1.54, 1.807) is 0 Å². The summed E-state index contributed by atoms with van der Waals surface area (Å²) in [6, 6.07) is 0.0975. The van der Waals surface area contributed by atoms with E-state index in [1.807, 2.05) is 6.92 Å². The molecular weight excluding hydrogens is 280 g/mol. The van der Waals surface area contributed by atoms with Crippen molar-refractivity contribution in [1.82, 2.24) is 10.2 Å². The van der Waals surface area contributed by atoms with Gasteiger partial charge in [-0.1, -0.05) is 12.8 Å². The summed E-state index contributed by atoms with van der Waals surface area (Å²) in [6.45, 7) is 4.84. The van der Waals surface area contributed by atoms with E-state index >= 15 is 0 Å². The van der Waals surface area contributed by atoms with Crippen molar-refractivity contribution in [3.63, 3.8) is 0 Å². The number of rotatable bonds is 1. The number of carbonyl (C=O) groups excluding carboxylic acids is 1. The average molecular weight is 305 g/mol. The predicted molar refractivity (Wildman–Crippen MR) is 78.2 cm³/mol. The molecule has 1 aliphatic carbocycles. The van der Waals surface area contributed by atoms with Crippen molar-refractivity contribution >= 4 is 18.3 Å². The topological polar surface area (TPSA) is 50.8 Å². The zero-order chi connectivity index (χ0) is 13.2. The quantitative estimate of drug-likeness (QED) is 0.784. The molecule has 1 saturated carbocycles. The number of amides is 1. The highest BCUT2D eigenvalue weighted by molar-refractivity contribution is 5.85. The van der Waals surface area contributed by atoms with Crippen LogP contribution in [-0.4, -0.2) is 61.4 Å². The molecule has 0 aromatic rings. The van der Waals surface area contributed by atoms with E-state index in [4.69, 9.17) is 9.47 Å². The smallest absolute Gasteiger partial charge is 0.242 e. The van der Waals surface area contributed by atoms with Gasteiger partial charge >= 0.3 is 0 Å². The molecule has 1 amide bonds. The Kier molecular flexibility index (Phi) is 5.66. The number of nitrogens with one attached hydrogen (secondary N) is 1. The Labute approximate surface area is 126 Å². The van der Waals surface area contributed by atoms with Crippen LogP contribution < -0.4 is 5.32 Å². The molecule has 2 aliphatic heterocycles. The second kappa shape index (κ2) is 7.07. The number of carbonyl (C=O) groups is 1. The molecule has 2 heterocycles. The first-order chi connectivity index (χ1) is 9.27. The van der Waals surface area contributed by atoms with E-state index in [1.165, 1.54) is 12.8 Å². The maximum Gasteiger partial charge on any atom is 0.242 e. The first-order valence-corrected chi connectivity index (χ1v) is 7.54. The summed E-state index contributed by atoms with van der Waals surface area (Å²) in [4.78, 5) is 14.8. The van der Waals surface area contributed by atoms with Crippen LogP contribution in [0.4, 0.5) is 0 Å². The molecule has 0 spiro atoms. The number of morpholine rings is 2. The minimum atomic E-state index is -0.186. The molecule has 3 fully saturated rings. The van der Waals surface area contributed by atoms with E-state index in [0.717, 1.165) is 25.9 Å². The normalized spacial score (nSPS) is 37.8. The third-order valence-electron chi connectivity index (χ3n) is 4.60. The highest BCUT2D eigenvalue weighted by Crippen LogP contribution is 2.29. The number of hydrogen-bond donors (Lipinski definition) is 1. The minimum absolute atomic E-state index is 0. The highest BCUT2D eigenvalue weighted by atomic mass is 35.5. The van der Waals surface area contributed by atoms with Gasteiger partial charge < -0.3 is 19.7 Å². The Morgan fingerprint density at radius 1 is 1.20 bits per heavy atom. The third-order valence-corrected chi connectivity index (χ3v) is 4.60. The molecule has 6 heteroatoms. The Morgan fingerprint density at radius 3 is 2.80 bits per heavy atom. The van der Waals surface area contributed by atoms with E-state index in [-0.39, 0.29) is 42.6 Å². The second-order valence-corrected chi connectivity index (χ2v) is 5.80. The van der Waals surface area contributed by atoms with Gasteiger partial charge in [-0.05, 0) is 19.8 Å². The Bertz CT molecular complexity index is 340. The predicted octanol–water partition coefficient (Wildman–Crippen LogP) is 0.955. The second-order valence-electron chi connectivity index (χ2n) is 5.80. The molecular formula is C14H25ClN2O3. The lowest BCUT2D eigenvalue weighted by Crippen LogP contribution is -2.62. The van der Waals surface area contributed by atoms with Gasteiger partial charge in [0.25, 0.3) is 0 Å². The van der Waals surface area contributed by atoms with Crippen LogP contribution in [0.25, 0.3) is 0 Å². The van der Waals surface area contributed by atoms with Gasteiger partial charge in [-0.3, -0.25) is 4.79 Å². The fourth-order valence-corrected chi connectivity index (χ4v) is 3.56. The van der Waals surface area contributed by atoms with Gasteiger partial charge in [0.1, 0.15) is 6.04 Å². The molecule has 0 bridgehead atoms. The molecule has 116 valence electrons. The molecule has 20 heavy (non-hydrogen) atoms. The molecule has 2 saturated heterocycles. The standard InChI is InChI=1S/C14H24N2O3.ClH/c1-10-13(15-6-8-18-10)14(17)16-7-9-19-12-5-3-2-4-11(12)16;/h10-13,15H,2-9H2,1H3;1H/t10-,11?,12?,13+;/m1./s1. The SMILES string of the molecule is C[C@H]1OCCN[C@@H]1C(=O)N1CCOC2CCCCC21.Cl. The number of hydrogen-bond acceptors (Lipinski definition) is 4. The van der Waals surface area contributed by atoms with Crippen LogP contribution in [0.3, 0.4) is 0 Å². The summed E-state index contributed by atoms with van der Waals surface area (Å²) in [5.74, 6) is 0.201. The van der Waals surface area contributed by atoms with Crippen LogP contribution in [0, 0.1) is 0 Å². The van der Waals surface area contributed by atoms with Gasteiger partial charge in [-0.2, -0.15) is 0 Å². The number of nitrogens with zero attached hydrogens (tertiary/aromatic N) is 1. The molecule has 3 aliphatic rings.